The van der Waals surface area contributed by atoms with Crippen molar-refractivity contribution in [2.75, 3.05) is 52.4 Å². The van der Waals surface area contributed by atoms with Crippen LogP contribution in [0.4, 0.5) is 0 Å². The van der Waals surface area contributed by atoms with E-state index in [9.17, 15) is 77.0 Å². The summed E-state index contributed by atoms with van der Waals surface area (Å²) in [5.74, 6) is -16.9. The lowest BCUT2D eigenvalue weighted by molar-refractivity contribution is -0.136. The lowest BCUT2D eigenvalue weighted by Crippen LogP contribution is -2.49. The van der Waals surface area contributed by atoms with Gasteiger partial charge in [-0.05, 0) is 155 Å². The molecule has 0 bridgehead atoms. The maximum absolute atomic E-state index is 14.8. The zero-order chi connectivity index (χ0) is 93.6. The molecule has 2 aromatic rings. The van der Waals surface area contributed by atoms with Crippen LogP contribution in [0.3, 0.4) is 0 Å². The highest BCUT2D eigenvalue weighted by Crippen LogP contribution is 2.26. The first kappa shape index (κ1) is 113. The van der Waals surface area contributed by atoms with Crippen LogP contribution in [-0.4, -0.2) is 208 Å². The van der Waals surface area contributed by atoms with Gasteiger partial charge < -0.3 is 104 Å². The van der Waals surface area contributed by atoms with Crippen LogP contribution in [0, 0.1) is 41.4 Å². The van der Waals surface area contributed by atoms with Gasteiger partial charge in [0.1, 0.15) is 6.04 Å². The number of aliphatic hydroxyl groups is 1. The molecule has 0 spiro atoms. The Morgan fingerprint density at radius 3 is 1.22 bits per heavy atom. The predicted octanol–water partition coefficient (Wildman–Crippen LogP) is 3.38. The number of rotatable bonds is 80. The predicted molar refractivity (Wildman–Crippen MR) is 482 cm³/mol. The molecule has 0 aliphatic carbocycles. The number of aliphatic imine (C=N–C) groups is 1. The molecule has 0 unspecified atom stereocenters. The molecule has 28 N–H and O–H groups in total. The summed E-state index contributed by atoms with van der Waals surface area (Å²) in [4.78, 5) is 229. The second kappa shape index (κ2) is 67.9. The molecule has 2 aromatic heterocycles. The van der Waals surface area contributed by atoms with Crippen LogP contribution in [0.25, 0.3) is 0 Å². The number of carbonyl (C=O) groups excluding carboxylic acids is 15. The Balaban J connectivity index is 2.42. The smallest absolute Gasteiger partial charge is 0.239 e. The van der Waals surface area contributed by atoms with E-state index in [0.29, 0.717) is 88.6 Å². The highest BCUT2D eigenvalue weighted by atomic mass is 16.3. The van der Waals surface area contributed by atoms with Gasteiger partial charge >= 0.3 is 0 Å². The topological polar surface area (TPSA) is 664 Å². The Hall–Kier alpha value is -9.30. The summed E-state index contributed by atoms with van der Waals surface area (Å²) < 4.78 is 0. The molecule has 9 amide bonds. The van der Waals surface area contributed by atoms with Gasteiger partial charge in [0.25, 0.3) is 0 Å². The van der Waals surface area contributed by atoms with Crippen molar-refractivity contribution in [2.24, 2.45) is 98.0 Å². The molecule has 0 aliphatic rings. The fourth-order valence-corrected chi connectivity index (χ4v) is 15.2. The molecule has 2 heterocycles. The summed E-state index contributed by atoms with van der Waals surface area (Å²) in [7, 11) is 0. The molecule has 0 saturated carbocycles. The van der Waals surface area contributed by atoms with Crippen LogP contribution >= 0.6 is 0 Å². The van der Waals surface area contributed by atoms with Crippen LogP contribution in [0.5, 0.6) is 0 Å². The molecule has 0 fully saturated rings. The average Bonchev–Trinajstić information content (AvgIpc) is 0.906. The third-order valence-corrected chi connectivity index (χ3v) is 22.8. The number of Topliss-reactive ketones (excluding diaryl/α,β-unsaturated/α-hetero) is 6. The molecule has 37 heteroatoms. The van der Waals surface area contributed by atoms with Crippen LogP contribution in [-0.2, 0) is 84.8 Å². The third kappa shape index (κ3) is 50.3. The number of aliphatic hydroxyl groups excluding tert-OH is 1. The molecule has 126 heavy (non-hydrogen) atoms. The summed E-state index contributed by atoms with van der Waals surface area (Å²) in [5.41, 5.74) is 52.6. The molecule has 0 aromatic carbocycles. The largest absolute Gasteiger partial charge is 0.396 e. The number of ketones is 6. The van der Waals surface area contributed by atoms with Gasteiger partial charge in [0, 0.05) is 118 Å². The standard InChI is InChI=1S/C89H157N21O16/c1-5-6-7-8-9-10-11-12-13-14-15-16-17-35-81(119)106-74(52-68-54-100-58-104-68)79(117)51-66(56-111)88(126)108-70(32-21-26-41-93)76(114)47-61(29-18-23-38-90)83(121)102-55-69(112)46-65(45-67-53-99-57-103-67)87(125)109-72(36-37-80(95)118)78(116)49-63(31-20-25-40-92)85(123)107-71(34-28-43-101-89(97)98)77(115)48-62(30-19-24-39-91)84(122)105-60(4)75(113)50-64(44-59(2)3)86(124)110-73(82(96)120)33-22-27-42-94/h53-54,57-66,70-74,111H,5-52,55-56,90-94H2,1-4H3,(H2,95,118)(H2,96,120)(H,99,103)(H,100,104)(H,102,121)(H,105,122)(H,106,119)(H,107,123)(H,108,126)(H,109,125)(H,110,124)(H4,97,98,101)/t60-,61+,62+,63+,64+,65+,66-,70-,71-,72-,73-,74-/m0/s1. The summed E-state index contributed by atoms with van der Waals surface area (Å²) in [5, 5.41) is 29.8. The Morgan fingerprint density at radius 1 is 0.389 bits per heavy atom. The maximum atomic E-state index is 14.8. The van der Waals surface area contributed by atoms with Gasteiger partial charge in [0.05, 0.1) is 67.9 Å². The monoisotopic (exact) mass is 1780 g/mol. The molecule has 0 saturated heterocycles. The van der Waals surface area contributed by atoms with Gasteiger partial charge in [0.2, 0.25) is 53.2 Å². The number of nitrogens with zero attached hydrogens (tertiary/aromatic N) is 3. The van der Waals surface area contributed by atoms with E-state index in [1.807, 2.05) is 13.8 Å². The fraction of sp³-hybridized carbons (Fsp3) is 0.753. The normalized spacial score (nSPS) is 14.2. The number of guanidine groups is 1. The highest BCUT2D eigenvalue weighted by Gasteiger charge is 2.38. The number of aromatic nitrogens is 4. The molecular formula is C89H157N21O16. The van der Waals surface area contributed by atoms with E-state index in [1.54, 1.807) is 0 Å². The van der Waals surface area contributed by atoms with Crippen molar-refractivity contribution in [3.63, 3.8) is 0 Å². The minimum Gasteiger partial charge on any atom is -0.396 e. The molecule has 0 radical (unpaired) electrons. The number of nitrogens with two attached hydrogens (primary N) is 9. The van der Waals surface area contributed by atoms with Gasteiger partial charge in [0.15, 0.2) is 40.7 Å². The van der Waals surface area contributed by atoms with Crippen molar-refractivity contribution in [1.82, 2.24) is 57.2 Å². The van der Waals surface area contributed by atoms with Gasteiger partial charge in [-0.25, -0.2) is 9.97 Å². The Bertz CT molecular complexity index is 3560. The van der Waals surface area contributed by atoms with E-state index in [1.165, 1.54) is 83.3 Å². The fourth-order valence-electron chi connectivity index (χ4n) is 15.2. The van der Waals surface area contributed by atoms with Crippen molar-refractivity contribution in [2.45, 2.75) is 334 Å². The number of primary amides is 2. The number of imidazole rings is 2. The number of carbonyl (C=O) groups is 15. The summed E-state index contributed by atoms with van der Waals surface area (Å²) in [6.07, 6.45) is 22.4. The van der Waals surface area contributed by atoms with Gasteiger partial charge in [-0.15, -0.1) is 0 Å². The quantitative estimate of drug-likeness (QED) is 0.0256. The van der Waals surface area contributed by atoms with Gasteiger partial charge in [-0.3, -0.25) is 76.9 Å². The number of amides is 9. The van der Waals surface area contributed by atoms with Crippen LogP contribution in [0.1, 0.15) is 296 Å². The lowest BCUT2D eigenvalue weighted by Gasteiger charge is -2.26. The van der Waals surface area contributed by atoms with E-state index in [4.69, 9.17) is 51.6 Å². The second-order valence-electron chi connectivity index (χ2n) is 34.2. The number of aromatic amines is 2. The van der Waals surface area contributed by atoms with E-state index < -0.39 is 205 Å². The molecule has 2 rings (SSSR count). The van der Waals surface area contributed by atoms with Crippen molar-refractivity contribution < 1.29 is 77.0 Å². The van der Waals surface area contributed by atoms with Crippen molar-refractivity contribution in [1.29, 1.82) is 0 Å². The van der Waals surface area contributed by atoms with Crippen LogP contribution in [0.2, 0.25) is 0 Å². The number of hydrogen-bond acceptors (Lipinski definition) is 24. The maximum Gasteiger partial charge on any atom is 0.239 e. The number of unbranched alkanes of at least 4 members (excludes halogenated alkanes) is 17. The summed E-state index contributed by atoms with van der Waals surface area (Å²) in [6, 6.07) is -7.22. The lowest BCUT2D eigenvalue weighted by atomic mass is 9.88. The second-order valence-corrected chi connectivity index (χ2v) is 34.2. The zero-order valence-corrected chi connectivity index (χ0v) is 75.8. The first-order chi connectivity index (χ1) is 60.3. The molecule has 714 valence electrons. The SMILES string of the molecule is CCCCCCCCCCCCCCCC(=O)N[C@@H](Cc1cnc[nH]1)C(=O)C[C@@H](CO)C(=O)N[C@@H](CCCCN)C(=O)C[C@@H](CCCCN)C(=O)NCC(=O)C[C@@H](Cc1cnc[nH]1)C(=O)N[C@@H](CCC(N)=O)C(=O)C[C@@H](CCCCN)C(=O)N[C@@H](CCCN=C(N)N)C(=O)C[C@@H](CCCCN)C(=O)N[C@@H](C)C(=O)C[C@@H](CC(C)C)C(=O)N[C@@H](CCCCN)C(N)=O. The number of H-pyrrole nitrogens is 2. The molecule has 37 nitrogen and oxygen atoms in total. The average molecular weight is 1780 g/mol. The number of nitrogens with one attached hydrogen (secondary N) is 9. The van der Waals surface area contributed by atoms with Crippen molar-refractivity contribution in [3.05, 3.63) is 36.4 Å². The van der Waals surface area contributed by atoms with Crippen molar-refractivity contribution >= 4 is 93.8 Å². The minimum atomic E-state index is -1.49. The molecule has 0 aliphatic heterocycles. The Labute approximate surface area is 745 Å². The van der Waals surface area contributed by atoms with E-state index in [2.05, 4.69) is 69.1 Å². The van der Waals surface area contributed by atoms with Gasteiger partial charge in [-0.1, -0.05) is 117 Å². The Kier molecular flexibility index (Phi) is 60.8. The van der Waals surface area contributed by atoms with E-state index >= 15 is 0 Å². The van der Waals surface area contributed by atoms with Crippen LogP contribution in [0.15, 0.2) is 30.0 Å². The Morgan fingerprint density at radius 2 is 0.778 bits per heavy atom. The molecule has 12 atom stereocenters. The van der Waals surface area contributed by atoms with Crippen LogP contribution < -0.4 is 88.8 Å². The summed E-state index contributed by atoms with van der Waals surface area (Å²) >= 11 is 0. The van der Waals surface area contributed by atoms with E-state index in [-0.39, 0.29) is 134 Å². The van der Waals surface area contributed by atoms with Gasteiger partial charge in [-0.2, -0.15) is 0 Å². The first-order valence-corrected chi connectivity index (χ1v) is 46.3. The zero-order valence-electron chi connectivity index (χ0n) is 75.8. The van der Waals surface area contributed by atoms with E-state index in [0.717, 1.165) is 25.7 Å². The highest BCUT2D eigenvalue weighted by molar-refractivity contribution is 6.00. The summed E-state index contributed by atoms with van der Waals surface area (Å²) in [6.45, 7) is 7.36. The minimum absolute atomic E-state index is 0.0263. The first-order valence-electron chi connectivity index (χ1n) is 46.3. The molecular weight excluding hydrogens is 1620 g/mol. The number of hydrogen-bond donors (Lipinski definition) is 19. The van der Waals surface area contributed by atoms with Crippen molar-refractivity contribution in [3.8, 4) is 0 Å². The third-order valence-electron chi connectivity index (χ3n) is 22.8.